The van der Waals surface area contributed by atoms with Crippen LogP contribution in [0.2, 0.25) is 0 Å². The first-order valence-corrected chi connectivity index (χ1v) is 9.79. The maximum atomic E-state index is 13.1. The van der Waals surface area contributed by atoms with Gasteiger partial charge in [0.2, 0.25) is 5.91 Å². The topological polar surface area (TPSA) is 59.1 Å². The third-order valence-electron chi connectivity index (χ3n) is 5.89. The van der Waals surface area contributed by atoms with Gasteiger partial charge < -0.3 is 24.1 Å². The molecule has 0 aliphatic carbocycles. The van der Waals surface area contributed by atoms with Crippen LogP contribution in [0.15, 0.2) is 0 Å². The molecule has 1 aliphatic heterocycles. The number of likely N-dealkylation sites (N-methyl/N-ethyl adjacent to an activating group) is 1. The van der Waals surface area contributed by atoms with E-state index in [0.29, 0.717) is 12.3 Å². The van der Waals surface area contributed by atoms with Crippen molar-refractivity contribution in [3.63, 3.8) is 0 Å². The molecule has 0 radical (unpaired) electrons. The number of hydrogen-bond donors (Lipinski definition) is 0. The number of amides is 1. The second-order valence-corrected chi connectivity index (χ2v) is 7.81. The summed E-state index contributed by atoms with van der Waals surface area (Å²) in [4.78, 5) is 28.4. The number of aldehydes is 1. The Hall–Kier alpha value is -0.980. The molecule has 152 valence electrons. The van der Waals surface area contributed by atoms with Crippen molar-refractivity contribution in [2.24, 2.45) is 11.8 Å². The van der Waals surface area contributed by atoms with E-state index in [4.69, 9.17) is 9.47 Å². The lowest BCUT2D eigenvalue weighted by molar-refractivity contribution is -0.140. The van der Waals surface area contributed by atoms with Gasteiger partial charge in [-0.2, -0.15) is 0 Å². The summed E-state index contributed by atoms with van der Waals surface area (Å²) >= 11 is 0. The molecule has 1 rings (SSSR count). The van der Waals surface area contributed by atoms with Crippen LogP contribution >= 0.6 is 0 Å². The molecule has 0 aromatic heterocycles. The average molecular weight is 371 g/mol. The predicted octanol–water partition coefficient (Wildman–Crippen LogP) is 2.21. The van der Waals surface area contributed by atoms with Crippen molar-refractivity contribution in [3.8, 4) is 0 Å². The minimum atomic E-state index is -0.251. The van der Waals surface area contributed by atoms with E-state index in [9.17, 15) is 9.59 Å². The lowest BCUT2D eigenvalue weighted by Gasteiger charge is -2.37. The molecule has 0 aromatic rings. The molecule has 0 spiro atoms. The smallest absolute Gasteiger partial charge is 0.225 e. The molecule has 1 amide bonds. The van der Waals surface area contributed by atoms with Crippen LogP contribution in [0.3, 0.4) is 0 Å². The molecule has 6 nitrogen and oxygen atoms in total. The van der Waals surface area contributed by atoms with Crippen LogP contribution in [0.1, 0.15) is 46.5 Å². The van der Waals surface area contributed by atoms with Crippen molar-refractivity contribution < 1.29 is 19.1 Å². The van der Waals surface area contributed by atoms with E-state index in [0.717, 1.165) is 32.1 Å². The van der Waals surface area contributed by atoms with Gasteiger partial charge in [0.05, 0.1) is 24.7 Å². The largest absolute Gasteiger partial charge is 0.379 e. The minimum absolute atomic E-state index is 0.0355. The Morgan fingerprint density at radius 3 is 2.38 bits per heavy atom. The highest BCUT2D eigenvalue weighted by molar-refractivity contribution is 5.77. The van der Waals surface area contributed by atoms with Crippen LogP contribution in [0.25, 0.3) is 0 Å². The summed E-state index contributed by atoms with van der Waals surface area (Å²) < 4.78 is 11.3. The number of carbonyl (C=O) groups excluding carboxylic acids is 2. The van der Waals surface area contributed by atoms with Crippen LogP contribution < -0.4 is 0 Å². The second-order valence-electron chi connectivity index (χ2n) is 7.81. The van der Waals surface area contributed by atoms with E-state index in [2.05, 4.69) is 18.7 Å². The Morgan fingerprint density at radius 1 is 1.27 bits per heavy atom. The van der Waals surface area contributed by atoms with Gasteiger partial charge in [-0.1, -0.05) is 27.2 Å². The highest BCUT2D eigenvalue weighted by Crippen LogP contribution is 2.28. The van der Waals surface area contributed by atoms with E-state index in [-0.39, 0.29) is 36.1 Å². The predicted molar refractivity (Wildman–Crippen MR) is 103 cm³/mol. The van der Waals surface area contributed by atoms with E-state index in [1.165, 1.54) is 0 Å². The molecule has 6 heteroatoms. The molecule has 1 heterocycles. The Bertz CT molecular complexity index is 444. The van der Waals surface area contributed by atoms with Gasteiger partial charge in [-0.15, -0.1) is 0 Å². The Balaban J connectivity index is 2.90. The fourth-order valence-corrected chi connectivity index (χ4v) is 4.33. The number of hydrogen-bond acceptors (Lipinski definition) is 5. The van der Waals surface area contributed by atoms with E-state index < -0.39 is 0 Å². The van der Waals surface area contributed by atoms with Gasteiger partial charge in [0.25, 0.3) is 0 Å². The number of methoxy groups -OCH3 is 2. The summed E-state index contributed by atoms with van der Waals surface area (Å²) in [6.07, 6.45) is 3.72. The number of carbonyl (C=O) groups is 2. The number of likely N-dealkylation sites (tertiary alicyclic amines) is 1. The molecule has 1 fully saturated rings. The van der Waals surface area contributed by atoms with Crippen molar-refractivity contribution >= 4 is 12.2 Å². The summed E-state index contributed by atoms with van der Waals surface area (Å²) in [6.45, 7) is 6.94. The van der Waals surface area contributed by atoms with Crippen LogP contribution in [0.4, 0.5) is 0 Å². The van der Waals surface area contributed by atoms with Crippen LogP contribution in [-0.4, -0.2) is 81.1 Å². The number of nitrogens with zero attached hydrogens (tertiary/aromatic N) is 2. The molecule has 0 aromatic carbocycles. The summed E-state index contributed by atoms with van der Waals surface area (Å²) in [5.41, 5.74) is 0. The van der Waals surface area contributed by atoms with Crippen molar-refractivity contribution in [2.75, 3.05) is 34.9 Å². The zero-order valence-electron chi connectivity index (χ0n) is 17.6. The Morgan fingerprint density at radius 2 is 1.92 bits per heavy atom. The quantitative estimate of drug-likeness (QED) is 0.522. The average Bonchev–Trinajstić information content (AvgIpc) is 3.10. The summed E-state index contributed by atoms with van der Waals surface area (Å²) in [7, 11) is 7.39. The fraction of sp³-hybridized carbons (Fsp3) is 0.900. The van der Waals surface area contributed by atoms with Gasteiger partial charge in [0, 0.05) is 32.7 Å². The summed E-state index contributed by atoms with van der Waals surface area (Å²) in [5, 5.41) is 0. The minimum Gasteiger partial charge on any atom is -0.379 e. The van der Waals surface area contributed by atoms with Gasteiger partial charge in [-0.3, -0.25) is 4.79 Å². The highest BCUT2D eigenvalue weighted by Gasteiger charge is 2.39. The zero-order chi connectivity index (χ0) is 19.9. The normalized spacial score (nSPS) is 23.5. The van der Waals surface area contributed by atoms with Gasteiger partial charge in [0.15, 0.2) is 0 Å². The molecular weight excluding hydrogens is 332 g/mol. The van der Waals surface area contributed by atoms with Crippen LogP contribution in [0.5, 0.6) is 0 Å². The van der Waals surface area contributed by atoms with E-state index in [1.807, 2.05) is 25.9 Å². The molecule has 1 aliphatic rings. The monoisotopic (exact) mass is 370 g/mol. The van der Waals surface area contributed by atoms with Crippen molar-refractivity contribution in [1.82, 2.24) is 9.80 Å². The first-order chi connectivity index (χ1) is 12.3. The van der Waals surface area contributed by atoms with E-state index >= 15 is 0 Å². The summed E-state index contributed by atoms with van der Waals surface area (Å²) in [5.74, 6) is 0.292. The lowest BCUT2D eigenvalue weighted by Crippen LogP contribution is -2.50. The molecule has 0 N–H and O–H groups in total. The Kier molecular flexibility index (Phi) is 9.75. The first kappa shape index (κ1) is 23.1. The third-order valence-corrected chi connectivity index (χ3v) is 5.89. The third kappa shape index (κ3) is 5.51. The van der Waals surface area contributed by atoms with Crippen molar-refractivity contribution in [2.45, 2.75) is 70.7 Å². The molecular formula is C20H38N2O4. The molecule has 0 saturated carbocycles. The van der Waals surface area contributed by atoms with E-state index in [1.54, 1.807) is 14.2 Å². The standard InChI is InChI=1S/C20H38N2O4/c1-8-14(2)19(21(4)5)17(25-6)12-18(24)22-11-9-10-16(22)20(26-7)15(3)13-23/h13-17,19-20H,8-12H2,1-7H3. The summed E-state index contributed by atoms with van der Waals surface area (Å²) in [6, 6.07) is 0.147. The maximum absolute atomic E-state index is 13.1. The maximum Gasteiger partial charge on any atom is 0.225 e. The van der Waals surface area contributed by atoms with Crippen LogP contribution in [-0.2, 0) is 19.1 Å². The van der Waals surface area contributed by atoms with Crippen LogP contribution in [0, 0.1) is 11.8 Å². The van der Waals surface area contributed by atoms with Gasteiger partial charge >= 0.3 is 0 Å². The zero-order valence-corrected chi connectivity index (χ0v) is 17.6. The number of rotatable bonds is 11. The fourth-order valence-electron chi connectivity index (χ4n) is 4.33. The van der Waals surface area contributed by atoms with Crippen molar-refractivity contribution in [1.29, 1.82) is 0 Å². The molecule has 6 unspecified atom stereocenters. The Labute approximate surface area is 159 Å². The SMILES string of the molecule is CCC(C)C(C(CC(=O)N1CCCC1C(OC)C(C)C=O)OC)N(C)C. The van der Waals surface area contributed by atoms with Crippen molar-refractivity contribution in [3.05, 3.63) is 0 Å². The lowest BCUT2D eigenvalue weighted by atomic mass is 9.91. The second kappa shape index (κ2) is 11.0. The molecule has 0 bridgehead atoms. The molecule has 26 heavy (non-hydrogen) atoms. The highest BCUT2D eigenvalue weighted by atomic mass is 16.5. The number of ether oxygens (including phenoxy) is 2. The molecule has 6 atom stereocenters. The molecule has 1 saturated heterocycles. The first-order valence-electron chi connectivity index (χ1n) is 9.79. The van der Waals surface area contributed by atoms with Gasteiger partial charge in [-0.25, -0.2) is 0 Å². The van der Waals surface area contributed by atoms with Gasteiger partial charge in [0.1, 0.15) is 6.29 Å². The van der Waals surface area contributed by atoms with Gasteiger partial charge in [-0.05, 0) is 32.9 Å².